The van der Waals surface area contributed by atoms with Crippen LogP contribution in [0.2, 0.25) is 5.02 Å². The van der Waals surface area contributed by atoms with Crippen LogP contribution in [0, 0.1) is 5.92 Å². The molecule has 0 amide bonds. The SMILES string of the molecule is CC(C)Cn1ncnc1CC(=O)c1cccc(Br)c1Cl. The van der Waals surface area contributed by atoms with Crippen LogP contribution in [0.25, 0.3) is 0 Å². The Balaban J connectivity index is 2.20. The van der Waals surface area contributed by atoms with Gasteiger partial charge in [-0.15, -0.1) is 0 Å². The van der Waals surface area contributed by atoms with Crippen molar-refractivity contribution < 1.29 is 4.79 Å². The van der Waals surface area contributed by atoms with Gasteiger partial charge in [-0.2, -0.15) is 5.10 Å². The zero-order valence-electron chi connectivity index (χ0n) is 11.3. The molecule has 2 aromatic rings. The lowest BCUT2D eigenvalue weighted by Gasteiger charge is -2.09. The van der Waals surface area contributed by atoms with Crippen LogP contribution in [0.5, 0.6) is 0 Å². The molecule has 0 aliphatic rings. The van der Waals surface area contributed by atoms with Crippen LogP contribution in [-0.2, 0) is 13.0 Å². The van der Waals surface area contributed by atoms with Crippen molar-refractivity contribution in [3.63, 3.8) is 0 Å². The second-order valence-corrected chi connectivity index (χ2v) is 6.19. The minimum Gasteiger partial charge on any atom is -0.294 e. The number of halogens is 2. The van der Waals surface area contributed by atoms with Gasteiger partial charge in [-0.05, 0) is 34.0 Å². The number of carbonyl (C=O) groups excluding carboxylic acids is 1. The van der Waals surface area contributed by atoms with E-state index in [4.69, 9.17) is 11.6 Å². The van der Waals surface area contributed by atoms with Gasteiger partial charge in [-0.25, -0.2) is 9.67 Å². The monoisotopic (exact) mass is 355 g/mol. The highest BCUT2D eigenvalue weighted by molar-refractivity contribution is 9.10. The quantitative estimate of drug-likeness (QED) is 0.766. The molecule has 0 radical (unpaired) electrons. The molecule has 4 nitrogen and oxygen atoms in total. The predicted octanol–water partition coefficient (Wildman–Crippen LogP) is 3.78. The third-order valence-corrected chi connectivity index (χ3v) is 4.10. The van der Waals surface area contributed by atoms with Crippen molar-refractivity contribution in [1.82, 2.24) is 14.8 Å². The molecular weight excluding hydrogens is 342 g/mol. The van der Waals surface area contributed by atoms with Gasteiger partial charge in [0, 0.05) is 16.6 Å². The van der Waals surface area contributed by atoms with Crippen molar-refractivity contribution in [2.75, 3.05) is 0 Å². The molecule has 1 aromatic heterocycles. The lowest BCUT2D eigenvalue weighted by atomic mass is 10.1. The van der Waals surface area contributed by atoms with E-state index >= 15 is 0 Å². The van der Waals surface area contributed by atoms with Crippen LogP contribution in [0.4, 0.5) is 0 Å². The maximum atomic E-state index is 12.3. The van der Waals surface area contributed by atoms with E-state index in [-0.39, 0.29) is 12.2 Å². The third-order valence-electron chi connectivity index (χ3n) is 2.80. The Hall–Kier alpha value is -1.20. The molecule has 0 fully saturated rings. The van der Waals surface area contributed by atoms with Crippen LogP contribution >= 0.6 is 27.5 Å². The Morgan fingerprint density at radius 3 is 2.90 bits per heavy atom. The van der Waals surface area contributed by atoms with Crippen molar-refractivity contribution in [2.45, 2.75) is 26.8 Å². The Morgan fingerprint density at radius 1 is 1.45 bits per heavy atom. The molecule has 20 heavy (non-hydrogen) atoms. The van der Waals surface area contributed by atoms with E-state index in [2.05, 4.69) is 39.9 Å². The highest BCUT2D eigenvalue weighted by Gasteiger charge is 2.16. The fourth-order valence-corrected chi connectivity index (χ4v) is 2.48. The Kier molecular flexibility index (Phi) is 4.94. The summed E-state index contributed by atoms with van der Waals surface area (Å²) in [6.45, 7) is 4.94. The molecule has 6 heteroatoms. The molecule has 2 rings (SSSR count). The lowest BCUT2D eigenvalue weighted by Crippen LogP contribution is -2.14. The van der Waals surface area contributed by atoms with Gasteiger partial charge in [0.2, 0.25) is 0 Å². The molecule has 0 aliphatic heterocycles. The summed E-state index contributed by atoms with van der Waals surface area (Å²) in [5.74, 6) is 1.05. The van der Waals surface area contributed by atoms with E-state index in [1.54, 1.807) is 22.9 Å². The summed E-state index contributed by atoms with van der Waals surface area (Å²) >= 11 is 9.46. The zero-order valence-corrected chi connectivity index (χ0v) is 13.6. The van der Waals surface area contributed by atoms with Crippen LogP contribution in [0.1, 0.15) is 30.0 Å². The molecule has 0 atom stereocenters. The fraction of sp³-hybridized carbons (Fsp3) is 0.357. The minimum atomic E-state index is -0.0608. The average Bonchev–Trinajstić information content (AvgIpc) is 2.79. The number of nitrogens with zero attached hydrogens (tertiary/aromatic N) is 3. The molecule has 0 unspecified atom stereocenters. The van der Waals surface area contributed by atoms with Gasteiger partial charge in [-0.3, -0.25) is 4.79 Å². The average molecular weight is 357 g/mol. The zero-order chi connectivity index (χ0) is 14.7. The summed E-state index contributed by atoms with van der Waals surface area (Å²) in [6.07, 6.45) is 1.68. The smallest absolute Gasteiger partial charge is 0.171 e. The molecule has 0 N–H and O–H groups in total. The van der Waals surface area contributed by atoms with Crippen molar-refractivity contribution in [3.05, 3.63) is 45.4 Å². The van der Waals surface area contributed by atoms with E-state index in [1.807, 2.05) is 0 Å². The minimum absolute atomic E-state index is 0.0608. The summed E-state index contributed by atoms with van der Waals surface area (Å²) in [5, 5.41) is 4.59. The Morgan fingerprint density at radius 2 is 2.20 bits per heavy atom. The van der Waals surface area contributed by atoms with E-state index in [0.29, 0.717) is 26.8 Å². The van der Waals surface area contributed by atoms with Crippen LogP contribution in [-0.4, -0.2) is 20.5 Å². The Labute approximate surface area is 131 Å². The molecule has 0 spiro atoms. The standard InChI is InChI=1S/C14H15BrClN3O/c1-9(2)7-19-13(17-8-18-19)6-12(20)10-4-3-5-11(15)14(10)16/h3-5,8-9H,6-7H2,1-2H3. The predicted molar refractivity (Wildman–Crippen MR) is 82.0 cm³/mol. The highest BCUT2D eigenvalue weighted by atomic mass is 79.9. The number of rotatable bonds is 5. The summed E-state index contributed by atoms with van der Waals surface area (Å²) in [7, 11) is 0. The summed E-state index contributed by atoms with van der Waals surface area (Å²) in [4.78, 5) is 16.5. The molecule has 0 saturated heterocycles. The van der Waals surface area contributed by atoms with Gasteiger partial charge in [0.1, 0.15) is 12.2 Å². The highest BCUT2D eigenvalue weighted by Crippen LogP contribution is 2.26. The van der Waals surface area contributed by atoms with E-state index in [9.17, 15) is 4.79 Å². The van der Waals surface area contributed by atoms with Gasteiger partial charge in [0.25, 0.3) is 0 Å². The van der Waals surface area contributed by atoms with Crippen molar-refractivity contribution in [2.24, 2.45) is 5.92 Å². The molecule has 106 valence electrons. The van der Waals surface area contributed by atoms with E-state index in [0.717, 1.165) is 6.54 Å². The number of aromatic nitrogens is 3. The van der Waals surface area contributed by atoms with Crippen molar-refractivity contribution in [3.8, 4) is 0 Å². The Bertz CT molecular complexity index is 625. The van der Waals surface area contributed by atoms with E-state index < -0.39 is 0 Å². The molecule has 1 aromatic carbocycles. The number of carbonyl (C=O) groups is 1. The first-order valence-electron chi connectivity index (χ1n) is 6.33. The number of benzene rings is 1. The second kappa shape index (κ2) is 6.50. The number of hydrogen-bond donors (Lipinski definition) is 0. The first kappa shape index (κ1) is 15.2. The fourth-order valence-electron chi connectivity index (χ4n) is 1.88. The first-order chi connectivity index (χ1) is 9.49. The summed E-state index contributed by atoms with van der Waals surface area (Å²) in [5.41, 5.74) is 0.500. The molecule has 0 bridgehead atoms. The van der Waals surface area contributed by atoms with Gasteiger partial charge < -0.3 is 0 Å². The van der Waals surface area contributed by atoms with Gasteiger partial charge in [-0.1, -0.05) is 31.5 Å². The maximum Gasteiger partial charge on any atom is 0.171 e. The number of Topliss-reactive ketones (excluding diaryl/α,β-unsaturated/α-hetero) is 1. The second-order valence-electron chi connectivity index (χ2n) is 4.95. The van der Waals surface area contributed by atoms with Crippen LogP contribution in [0.15, 0.2) is 29.0 Å². The lowest BCUT2D eigenvalue weighted by molar-refractivity contribution is 0.0989. The van der Waals surface area contributed by atoms with Gasteiger partial charge >= 0.3 is 0 Å². The van der Waals surface area contributed by atoms with Gasteiger partial charge in [0.05, 0.1) is 11.4 Å². The van der Waals surface area contributed by atoms with E-state index in [1.165, 1.54) is 6.33 Å². The maximum absolute atomic E-state index is 12.3. The molecule has 0 aliphatic carbocycles. The number of hydrogen-bond acceptors (Lipinski definition) is 3. The number of ketones is 1. The normalized spacial score (nSPS) is 11.1. The van der Waals surface area contributed by atoms with Crippen molar-refractivity contribution >= 4 is 33.3 Å². The van der Waals surface area contributed by atoms with Crippen LogP contribution in [0.3, 0.4) is 0 Å². The topological polar surface area (TPSA) is 47.8 Å². The van der Waals surface area contributed by atoms with Gasteiger partial charge in [0.15, 0.2) is 5.78 Å². The summed E-state index contributed by atoms with van der Waals surface area (Å²) in [6, 6.07) is 5.32. The molecule has 1 heterocycles. The third kappa shape index (κ3) is 3.46. The first-order valence-corrected chi connectivity index (χ1v) is 7.50. The molecular formula is C14H15BrClN3O. The summed E-state index contributed by atoms with van der Waals surface area (Å²) < 4.78 is 2.49. The largest absolute Gasteiger partial charge is 0.294 e. The van der Waals surface area contributed by atoms with Crippen molar-refractivity contribution in [1.29, 1.82) is 0 Å². The van der Waals surface area contributed by atoms with Crippen LogP contribution < -0.4 is 0 Å². The molecule has 0 saturated carbocycles.